The van der Waals surface area contributed by atoms with Gasteiger partial charge in [0.2, 0.25) is 30.4 Å². The second-order valence-corrected chi connectivity index (χ2v) is 6.79. The standard InChI is InChI=1S/C12H17N3O3.C8H10N2O2/c16-9-13-6-2-1-4-12(8-15-11-18)5-3-7-14-10-17;11-5-9-7-1-2-8(4-3-7)10-6-12/h12H,1-8H2;7-8H,1-4H2. The van der Waals surface area contributed by atoms with Crippen molar-refractivity contribution in [3.63, 3.8) is 0 Å². The second-order valence-electron chi connectivity index (χ2n) is 6.79. The van der Waals surface area contributed by atoms with Crippen molar-refractivity contribution in [1.82, 2.24) is 0 Å². The lowest BCUT2D eigenvalue weighted by Gasteiger charge is -2.20. The van der Waals surface area contributed by atoms with E-state index in [2.05, 4.69) is 25.0 Å². The van der Waals surface area contributed by atoms with Crippen molar-refractivity contribution in [3.05, 3.63) is 0 Å². The Morgan fingerprint density at radius 2 is 1.07 bits per heavy atom. The van der Waals surface area contributed by atoms with Crippen LogP contribution in [0.4, 0.5) is 0 Å². The van der Waals surface area contributed by atoms with Crippen LogP contribution in [0.15, 0.2) is 25.0 Å². The Kier molecular flexibility index (Phi) is 18.5. The number of unbranched alkanes of at least 4 members (excludes halogenated alkanes) is 1. The highest BCUT2D eigenvalue weighted by Crippen LogP contribution is 2.22. The van der Waals surface area contributed by atoms with Crippen LogP contribution in [0.2, 0.25) is 0 Å². The Bertz CT molecular complexity index is 677. The predicted octanol–water partition coefficient (Wildman–Crippen LogP) is 2.53. The fraction of sp³-hybridized carbons (Fsp3) is 0.750. The summed E-state index contributed by atoms with van der Waals surface area (Å²) in [4.78, 5) is 67.4. The summed E-state index contributed by atoms with van der Waals surface area (Å²) in [5.74, 6) is 0.286. The summed E-state index contributed by atoms with van der Waals surface area (Å²) in [7, 11) is 0. The number of nitrogens with zero attached hydrogens (tertiary/aromatic N) is 5. The van der Waals surface area contributed by atoms with E-state index in [9.17, 15) is 24.0 Å². The average Bonchev–Trinajstić information content (AvgIpc) is 2.76. The number of carbonyl (C=O) groups excluding carboxylic acids is 5. The van der Waals surface area contributed by atoms with Gasteiger partial charge >= 0.3 is 0 Å². The summed E-state index contributed by atoms with van der Waals surface area (Å²) < 4.78 is 0. The molecular weight excluding hydrogens is 390 g/mol. The molecule has 0 aromatic heterocycles. The highest BCUT2D eigenvalue weighted by molar-refractivity contribution is 5.34. The minimum Gasteiger partial charge on any atom is -0.211 e. The van der Waals surface area contributed by atoms with E-state index >= 15 is 0 Å². The summed E-state index contributed by atoms with van der Waals surface area (Å²) in [6.45, 7) is 1.40. The molecule has 10 nitrogen and oxygen atoms in total. The molecule has 162 valence electrons. The Balaban J connectivity index is 0.000000604. The highest BCUT2D eigenvalue weighted by atomic mass is 16.1. The molecule has 1 fully saturated rings. The molecule has 0 aliphatic heterocycles. The molecule has 0 saturated heterocycles. The Labute approximate surface area is 175 Å². The number of rotatable bonds is 13. The summed E-state index contributed by atoms with van der Waals surface area (Å²) in [5.41, 5.74) is 0. The third kappa shape index (κ3) is 15.9. The van der Waals surface area contributed by atoms with E-state index in [1.807, 2.05) is 0 Å². The van der Waals surface area contributed by atoms with Crippen molar-refractivity contribution in [3.8, 4) is 0 Å². The van der Waals surface area contributed by atoms with Crippen molar-refractivity contribution in [2.24, 2.45) is 30.9 Å². The lowest BCUT2D eigenvalue weighted by atomic mass is 9.92. The average molecular weight is 417 g/mol. The highest BCUT2D eigenvalue weighted by Gasteiger charge is 2.19. The number of hydrogen-bond acceptors (Lipinski definition) is 10. The minimum atomic E-state index is 0.0978. The van der Waals surface area contributed by atoms with Gasteiger partial charge in [-0.3, -0.25) is 0 Å². The molecule has 1 rings (SSSR count). The monoisotopic (exact) mass is 417 g/mol. The zero-order chi connectivity index (χ0) is 22.3. The molecule has 0 amide bonds. The van der Waals surface area contributed by atoms with Gasteiger partial charge in [0, 0.05) is 0 Å². The number of isocyanates is 5. The van der Waals surface area contributed by atoms with Crippen LogP contribution in [0.3, 0.4) is 0 Å². The molecular formula is C20H27N5O5. The van der Waals surface area contributed by atoms with Crippen LogP contribution in [0.5, 0.6) is 0 Å². The first kappa shape index (κ1) is 26.9. The Morgan fingerprint density at radius 3 is 1.53 bits per heavy atom. The molecule has 0 heterocycles. The number of hydrogen-bond donors (Lipinski definition) is 0. The van der Waals surface area contributed by atoms with Gasteiger partial charge in [-0.15, -0.1) is 0 Å². The van der Waals surface area contributed by atoms with Crippen LogP contribution < -0.4 is 0 Å². The lowest BCUT2D eigenvalue weighted by molar-refractivity contribution is 0.394. The van der Waals surface area contributed by atoms with Gasteiger partial charge in [0.15, 0.2) is 0 Å². The quantitative estimate of drug-likeness (QED) is 0.256. The van der Waals surface area contributed by atoms with E-state index in [4.69, 9.17) is 0 Å². The molecule has 0 radical (unpaired) electrons. The molecule has 0 aromatic rings. The molecule has 1 aliphatic rings. The van der Waals surface area contributed by atoms with E-state index < -0.39 is 0 Å². The summed E-state index contributed by atoms with van der Waals surface area (Å²) in [5, 5.41) is 0. The first-order valence-electron chi connectivity index (χ1n) is 9.96. The number of aliphatic imine (C=N–C) groups is 5. The zero-order valence-corrected chi connectivity index (χ0v) is 17.0. The van der Waals surface area contributed by atoms with Gasteiger partial charge in [0.25, 0.3) is 0 Å². The van der Waals surface area contributed by atoms with Crippen LogP contribution in [0.25, 0.3) is 0 Å². The SMILES string of the molecule is O=C=NC1CCC(N=C=O)CC1.O=C=NCCCCC(CCCN=C=O)CN=C=O. The van der Waals surface area contributed by atoms with Crippen LogP contribution in [0.1, 0.15) is 57.8 Å². The van der Waals surface area contributed by atoms with Crippen molar-refractivity contribution >= 4 is 30.4 Å². The van der Waals surface area contributed by atoms with Crippen molar-refractivity contribution in [1.29, 1.82) is 0 Å². The predicted molar refractivity (Wildman–Crippen MR) is 108 cm³/mol. The fourth-order valence-electron chi connectivity index (χ4n) is 3.13. The van der Waals surface area contributed by atoms with Crippen LogP contribution >= 0.6 is 0 Å². The summed E-state index contributed by atoms with van der Waals surface area (Å²) in [6, 6.07) is 0.196. The molecule has 30 heavy (non-hydrogen) atoms. The molecule has 10 heteroatoms. The minimum absolute atomic E-state index is 0.0978. The molecule has 1 unspecified atom stereocenters. The van der Waals surface area contributed by atoms with Gasteiger partial charge in [-0.05, 0) is 57.3 Å². The maximum Gasteiger partial charge on any atom is 0.235 e. The zero-order valence-electron chi connectivity index (χ0n) is 17.0. The second kappa shape index (κ2) is 20.6. The first-order valence-corrected chi connectivity index (χ1v) is 9.96. The Morgan fingerprint density at radius 1 is 0.600 bits per heavy atom. The third-order valence-corrected chi connectivity index (χ3v) is 4.69. The van der Waals surface area contributed by atoms with Crippen LogP contribution in [0, 0.1) is 5.92 Å². The molecule has 1 aliphatic carbocycles. The normalized spacial score (nSPS) is 17.7. The molecule has 0 N–H and O–H groups in total. The van der Waals surface area contributed by atoms with Gasteiger partial charge in [0.05, 0.1) is 31.7 Å². The summed E-state index contributed by atoms with van der Waals surface area (Å²) in [6.07, 6.45) is 15.2. The smallest absolute Gasteiger partial charge is 0.211 e. The molecule has 0 spiro atoms. The maximum absolute atomic E-state index is 10.1. The Hall–Kier alpha value is -3.10. The maximum atomic E-state index is 10.1. The lowest BCUT2D eigenvalue weighted by Crippen LogP contribution is -2.19. The van der Waals surface area contributed by atoms with Crippen LogP contribution in [-0.4, -0.2) is 62.1 Å². The first-order chi connectivity index (χ1) is 14.7. The third-order valence-electron chi connectivity index (χ3n) is 4.69. The van der Waals surface area contributed by atoms with Crippen molar-refractivity contribution < 1.29 is 24.0 Å². The van der Waals surface area contributed by atoms with E-state index in [0.717, 1.165) is 57.8 Å². The van der Waals surface area contributed by atoms with Crippen LogP contribution in [-0.2, 0) is 24.0 Å². The van der Waals surface area contributed by atoms with Crippen molar-refractivity contribution in [2.75, 3.05) is 19.6 Å². The van der Waals surface area contributed by atoms with Gasteiger partial charge in [-0.25, -0.2) is 48.9 Å². The van der Waals surface area contributed by atoms with Crippen molar-refractivity contribution in [2.45, 2.75) is 69.9 Å². The van der Waals surface area contributed by atoms with Gasteiger partial charge in [-0.2, -0.15) is 0 Å². The fourth-order valence-corrected chi connectivity index (χ4v) is 3.13. The van der Waals surface area contributed by atoms with E-state index in [1.165, 1.54) is 18.2 Å². The van der Waals surface area contributed by atoms with Gasteiger partial charge in [0.1, 0.15) is 0 Å². The van der Waals surface area contributed by atoms with Gasteiger partial charge in [-0.1, -0.05) is 6.42 Å². The molecule has 0 bridgehead atoms. The summed E-state index contributed by atoms with van der Waals surface area (Å²) >= 11 is 0. The van der Waals surface area contributed by atoms with E-state index in [-0.39, 0.29) is 18.0 Å². The molecule has 1 atom stereocenters. The molecule has 1 saturated carbocycles. The molecule has 0 aromatic carbocycles. The van der Waals surface area contributed by atoms with Gasteiger partial charge < -0.3 is 0 Å². The topological polar surface area (TPSA) is 147 Å². The van der Waals surface area contributed by atoms with E-state index in [0.29, 0.717) is 19.6 Å². The largest absolute Gasteiger partial charge is 0.235 e. The van der Waals surface area contributed by atoms with E-state index in [1.54, 1.807) is 12.2 Å².